The third-order valence-electron chi connectivity index (χ3n) is 4.98. The molecule has 31 heavy (non-hydrogen) atoms. The Morgan fingerprint density at radius 2 is 1.97 bits per heavy atom. The zero-order chi connectivity index (χ0) is 22.2. The Balaban J connectivity index is 1.56. The molecule has 0 aliphatic carbocycles. The van der Waals surface area contributed by atoms with Gasteiger partial charge in [-0.2, -0.15) is 4.31 Å². The molecular formula is C20H18F2N4O3S2. The van der Waals surface area contributed by atoms with Crippen molar-refractivity contribution in [2.75, 3.05) is 11.9 Å². The number of aromatic nitrogens is 2. The van der Waals surface area contributed by atoms with Gasteiger partial charge in [0.05, 0.1) is 16.6 Å². The molecule has 162 valence electrons. The lowest BCUT2D eigenvalue weighted by atomic mass is 10.2. The minimum atomic E-state index is -3.75. The molecule has 1 aliphatic heterocycles. The van der Waals surface area contributed by atoms with Crippen LogP contribution in [-0.4, -0.2) is 35.4 Å². The molecule has 4 rings (SSSR count). The fourth-order valence-electron chi connectivity index (χ4n) is 3.47. The van der Waals surface area contributed by atoms with E-state index in [4.69, 9.17) is 0 Å². The van der Waals surface area contributed by atoms with Crippen LogP contribution in [0.4, 0.5) is 14.5 Å². The van der Waals surface area contributed by atoms with E-state index in [1.165, 1.54) is 4.31 Å². The summed E-state index contributed by atoms with van der Waals surface area (Å²) in [7, 11) is -3.75. The van der Waals surface area contributed by atoms with Crippen molar-refractivity contribution in [3.8, 4) is 0 Å². The number of benzene rings is 2. The van der Waals surface area contributed by atoms with Crippen LogP contribution in [0.1, 0.15) is 39.3 Å². The van der Waals surface area contributed by atoms with E-state index in [-0.39, 0.29) is 15.6 Å². The Labute approximate surface area is 181 Å². The van der Waals surface area contributed by atoms with E-state index in [1.54, 1.807) is 31.2 Å². The van der Waals surface area contributed by atoms with E-state index in [0.717, 1.165) is 23.5 Å². The summed E-state index contributed by atoms with van der Waals surface area (Å²) in [6.07, 6.45) is 1.20. The molecule has 0 spiro atoms. The molecule has 0 radical (unpaired) electrons. The Kier molecular flexibility index (Phi) is 5.82. The fourth-order valence-corrected chi connectivity index (χ4v) is 6.32. The molecule has 1 amide bonds. The number of anilines is 1. The summed E-state index contributed by atoms with van der Waals surface area (Å²) in [5.41, 5.74) is 0.458. The number of hydrogen-bond donors (Lipinski definition) is 1. The highest BCUT2D eigenvalue weighted by Crippen LogP contribution is 2.38. The van der Waals surface area contributed by atoms with Crippen molar-refractivity contribution in [1.82, 2.24) is 14.5 Å². The number of carbonyl (C=O) groups excluding carboxylic acids is 1. The second kappa shape index (κ2) is 8.40. The predicted molar refractivity (Wildman–Crippen MR) is 111 cm³/mol. The molecule has 2 heterocycles. The maximum Gasteiger partial charge on any atom is 0.286 e. The zero-order valence-corrected chi connectivity index (χ0v) is 18.0. The van der Waals surface area contributed by atoms with Crippen molar-refractivity contribution in [1.29, 1.82) is 0 Å². The highest BCUT2D eigenvalue weighted by molar-refractivity contribution is 7.89. The minimum Gasteiger partial charge on any atom is -0.317 e. The van der Waals surface area contributed by atoms with E-state index in [9.17, 15) is 22.0 Å². The van der Waals surface area contributed by atoms with Crippen LogP contribution in [-0.2, 0) is 10.0 Å². The van der Waals surface area contributed by atoms with Crippen molar-refractivity contribution >= 4 is 33.0 Å². The third-order valence-corrected chi connectivity index (χ3v) is 8.07. The summed E-state index contributed by atoms with van der Waals surface area (Å²) in [5, 5.41) is 10.5. The molecule has 1 saturated heterocycles. The molecule has 1 atom stereocenters. The number of nitrogens with one attached hydrogen (secondary N) is 1. The van der Waals surface area contributed by atoms with Gasteiger partial charge in [0.2, 0.25) is 15.0 Å². The number of halogens is 2. The molecule has 1 fully saturated rings. The molecule has 3 aromatic rings. The Morgan fingerprint density at radius 1 is 1.19 bits per heavy atom. The summed E-state index contributed by atoms with van der Waals surface area (Å²) in [5.74, 6) is -2.38. The van der Waals surface area contributed by atoms with Crippen LogP contribution in [0.2, 0.25) is 0 Å². The van der Waals surface area contributed by atoms with Crippen LogP contribution >= 0.6 is 11.3 Å². The van der Waals surface area contributed by atoms with Gasteiger partial charge in [-0.25, -0.2) is 17.2 Å². The topological polar surface area (TPSA) is 92.3 Å². The van der Waals surface area contributed by atoms with Gasteiger partial charge in [-0.1, -0.05) is 29.5 Å². The number of hydrogen-bond acceptors (Lipinski definition) is 6. The molecule has 2 aromatic carbocycles. The molecule has 7 nitrogen and oxygen atoms in total. The van der Waals surface area contributed by atoms with Crippen molar-refractivity contribution < 1.29 is 22.0 Å². The second-order valence-electron chi connectivity index (χ2n) is 7.06. The lowest BCUT2D eigenvalue weighted by Gasteiger charge is -2.23. The summed E-state index contributed by atoms with van der Waals surface area (Å²) >= 11 is 0.949. The first kappa shape index (κ1) is 21.5. The number of amides is 1. The number of carbonyl (C=O) groups is 1. The van der Waals surface area contributed by atoms with Crippen molar-refractivity contribution in [2.45, 2.75) is 30.7 Å². The van der Waals surface area contributed by atoms with E-state index in [1.807, 2.05) is 0 Å². The molecule has 1 aromatic heterocycles. The van der Waals surface area contributed by atoms with E-state index in [0.29, 0.717) is 36.0 Å². The Morgan fingerprint density at radius 3 is 2.71 bits per heavy atom. The lowest BCUT2D eigenvalue weighted by molar-refractivity contribution is 0.102. The Bertz CT molecular complexity index is 1250. The SMILES string of the molecule is Cc1ccccc1S(=O)(=O)N1CCC[C@@H]1c1nnc(C(=O)Nc2ccc(F)cc2F)s1. The molecule has 0 unspecified atom stereocenters. The number of rotatable bonds is 5. The van der Waals surface area contributed by atoms with Gasteiger partial charge in [-0.15, -0.1) is 10.2 Å². The van der Waals surface area contributed by atoms with Gasteiger partial charge in [0, 0.05) is 12.6 Å². The van der Waals surface area contributed by atoms with E-state index < -0.39 is 33.6 Å². The van der Waals surface area contributed by atoms with Crippen LogP contribution in [0.15, 0.2) is 47.4 Å². The zero-order valence-electron chi connectivity index (χ0n) is 16.4. The van der Waals surface area contributed by atoms with E-state index >= 15 is 0 Å². The minimum absolute atomic E-state index is 0.0427. The first-order valence-corrected chi connectivity index (χ1v) is 11.7. The quantitative estimate of drug-likeness (QED) is 0.618. The van der Waals surface area contributed by atoms with Gasteiger partial charge < -0.3 is 5.32 Å². The monoisotopic (exact) mass is 464 g/mol. The predicted octanol–water partition coefficient (Wildman–Crippen LogP) is 3.90. The smallest absolute Gasteiger partial charge is 0.286 e. The van der Waals surface area contributed by atoms with Gasteiger partial charge in [-0.3, -0.25) is 4.79 Å². The lowest BCUT2D eigenvalue weighted by Crippen LogP contribution is -2.31. The molecule has 1 aliphatic rings. The highest BCUT2D eigenvalue weighted by atomic mass is 32.2. The van der Waals surface area contributed by atoms with Gasteiger partial charge in [0.15, 0.2) is 0 Å². The highest BCUT2D eigenvalue weighted by Gasteiger charge is 2.39. The fraction of sp³-hybridized carbons (Fsp3) is 0.250. The van der Waals surface area contributed by atoms with Gasteiger partial charge in [-0.05, 0) is 43.5 Å². The summed E-state index contributed by atoms with van der Waals surface area (Å²) in [4.78, 5) is 12.7. The van der Waals surface area contributed by atoms with Crippen LogP contribution in [0.3, 0.4) is 0 Å². The second-order valence-corrected chi connectivity index (χ2v) is 9.93. The maximum atomic E-state index is 13.8. The number of aryl methyl sites for hydroxylation is 1. The molecule has 1 N–H and O–H groups in total. The first-order valence-electron chi connectivity index (χ1n) is 9.44. The number of nitrogens with zero attached hydrogens (tertiary/aromatic N) is 3. The number of sulfonamides is 1. The molecule has 0 saturated carbocycles. The normalized spacial score (nSPS) is 17.1. The third kappa shape index (κ3) is 4.21. The Hall–Kier alpha value is -2.76. The van der Waals surface area contributed by atoms with Crippen LogP contribution < -0.4 is 5.32 Å². The molecular weight excluding hydrogens is 446 g/mol. The molecule has 11 heteroatoms. The average Bonchev–Trinajstić information content (AvgIpc) is 3.40. The van der Waals surface area contributed by atoms with Gasteiger partial charge in [0.1, 0.15) is 16.6 Å². The average molecular weight is 465 g/mol. The van der Waals surface area contributed by atoms with Crippen molar-refractivity contribution in [3.63, 3.8) is 0 Å². The van der Waals surface area contributed by atoms with Crippen LogP contribution in [0.25, 0.3) is 0 Å². The first-order chi connectivity index (χ1) is 14.8. The standard InChI is InChI=1S/C20H18F2N4O3S2/c1-12-5-2-3-7-17(12)31(28,29)26-10-4-6-16(26)19-24-25-20(30-19)18(27)23-15-9-8-13(21)11-14(15)22/h2-3,5,7-9,11,16H,4,6,10H2,1H3,(H,23,27)/t16-/m1/s1. The summed E-state index contributed by atoms with van der Waals surface area (Å²) < 4.78 is 54.7. The van der Waals surface area contributed by atoms with Crippen molar-refractivity contribution in [3.05, 3.63) is 69.7 Å². The largest absolute Gasteiger partial charge is 0.317 e. The van der Waals surface area contributed by atoms with Gasteiger partial charge >= 0.3 is 0 Å². The van der Waals surface area contributed by atoms with Crippen molar-refractivity contribution in [2.24, 2.45) is 0 Å². The molecule has 0 bridgehead atoms. The summed E-state index contributed by atoms with van der Waals surface area (Å²) in [6.45, 7) is 2.07. The van der Waals surface area contributed by atoms with Crippen LogP contribution in [0.5, 0.6) is 0 Å². The van der Waals surface area contributed by atoms with Gasteiger partial charge in [0.25, 0.3) is 5.91 Å². The van der Waals surface area contributed by atoms with Crippen LogP contribution in [0, 0.1) is 18.6 Å². The maximum absolute atomic E-state index is 13.8. The summed E-state index contributed by atoms with van der Waals surface area (Å²) in [6, 6.07) is 9.01. The van der Waals surface area contributed by atoms with E-state index in [2.05, 4.69) is 15.5 Å².